The second-order valence-corrected chi connectivity index (χ2v) is 4.68. The molecule has 0 radical (unpaired) electrons. The maximum Gasteiger partial charge on any atom is 0.170 e. The summed E-state index contributed by atoms with van der Waals surface area (Å²) in [4.78, 5) is 12.0. The molecular weight excluding hydrogens is 270 g/mol. The van der Waals surface area contributed by atoms with Gasteiger partial charge in [0, 0.05) is 11.4 Å². The number of halogens is 3. The number of carbonyl (C=O) groups excluding carboxylic acids is 1. The molecule has 0 unspecified atom stereocenters. The van der Waals surface area contributed by atoms with Crippen LogP contribution in [0.25, 0.3) is 0 Å². The highest BCUT2D eigenvalue weighted by Gasteiger charge is 2.15. The van der Waals surface area contributed by atoms with E-state index in [9.17, 15) is 13.6 Å². The van der Waals surface area contributed by atoms with E-state index in [2.05, 4.69) is 0 Å². The van der Waals surface area contributed by atoms with Crippen molar-refractivity contribution >= 4 is 17.4 Å². The normalized spacial score (nSPS) is 10.5. The van der Waals surface area contributed by atoms with Crippen LogP contribution >= 0.6 is 11.6 Å². The number of rotatable bonds is 3. The van der Waals surface area contributed by atoms with Crippen LogP contribution in [0.4, 0.5) is 8.78 Å². The fourth-order valence-corrected chi connectivity index (χ4v) is 1.99. The molecule has 0 heterocycles. The van der Waals surface area contributed by atoms with Gasteiger partial charge in [0.25, 0.3) is 0 Å². The van der Waals surface area contributed by atoms with Crippen molar-refractivity contribution in [2.75, 3.05) is 0 Å². The summed E-state index contributed by atoms with van der Waals surface area (Å²) in [5.41, 5.74) is 0.754. The van der Waals surface area contributed by atoms with E-state index in [1.165, 1.54) is 24.3 Å². The molecule has 1 nitrogen and oxygen atoms in total. The molecular formula is C15H11ClF2O. The predicted molar refractivity (Wildman–Crippen MR) is 70.6 cm³/mol. The molecule has 0 amide bonds. The van der Waals surface area contributed by atoms with Crippen LogP contribution in [0.5, 0.6) is 0 Å². The molecule has 0 saturated heterocycles. The first-order chi connectivity index (χ1) is 8.99. The Morgan fingerprint density at radius 3 is 2.68 bits per heavy atom. The van der Waals surface area contributed by atoms with Gasteiger partial charge in [-0.2, -0.15) is 0 Å². The first-order valence-electron chi connectivity index (χ1n) is 5.71. The molecule has 0 aliphatic rings. The van der Waals surface area contributed by atoms with Gasteiger partial charge in [-0.05, 0) is 42.3 Å². The Kier molecular flexibility index (Phi) is 3.96. The van der Waals surface area contributed by atoms with E-state index in [0.29, 0.717) is 16.1 Å². The van der Waals surface area contributed by atoms with E-state index >= 15 is 0 Å². The van der Waals surface area contributed by atoms with Crippen molar-refractivity contribution < 1.29 is 13.6 Å². The van der Waals surface area contributed by atoms with Gasteiger partial charge in [0.1, 0.15) is 11.6 Å². The Labute approximate surface area is 114 Å². The van der Waals surface area contributed by atoms with E-state index in [1.54, 1.807) is 19.1 Å². The largest absolute Gasteiger partial charge is 0.294 e. The molecule has 0 aliphatic heterocycles. The summed E-state index contributed by atoms with van der Waals surface area (Å²) in [6.07, 6.45) is -0.128. The van der Waals surface area contributed by atoms with Crippen molar-refractivity contribution in [3.63, 3.8) is 0 Å². The van der Waals surface area contributed by atoms with Crippen molar-refractivity contribution in [2.24, 2.45) is 0 Å². The van der Waals surface area contributed by atoms with E-state index in [4.69, 9.17) is 11.6 Å². The summed E-state index contributed by atoms with van der Waals surface area (Å²) in [6, 6.07) is 8.39. The molecule has 4 heteroatoms. The van der Waals surface area contributed by atoms with Gasteiger partial charge < -0.3 is 0 Å². The minimum absolute atomic E-state index is 0.000304. The Hall–Kier alpha value is -1.74. The summed E-state index contributed by atoms with van der Waals surface area (Å²) in [5.74, 6) is -1.44. The first-order valence-corrected chi connectivity index (χ1v) is 6.09. The zero-order valence-corrected chi connectivity index (χ0v) is 11.0. The zero-order valence-electron chi connectivity index (χ0n) is 10.2. The van der Waals surface area contributed by atoms with E-state index in [-0.39, 0.29) is 12.0 Å². The van der Waals surface area contributed by atoms with Crippen LogP contribution < -0.4 is 0 Å². The molecule has 0 N–H and O–H groups in total. The van der Waals surface area contributed by atoms with Crippen molar-refractivity contribution in [2.45, 2.75) is 13.3 Å². The highest BCUT2D eigenvalue weighted by molar-refractivity contribution is 6.31. The van der Waals surface area contributed by atoms with Crippen LogP contribution in [-0.4, -0.2) is 5.78 Å². The van der Waals surface area contributed by atoms with Crippen LogP contribution in [0, 0.1) is 18.6 Å². The van der Waals surface area contributed by atoms with Crippen LogP contribution in [0.15, 0.2) is 36.4 Å². The zero-order chi connectivity index (χ0) is 14.0. The molecule has 0 saturated carbocycles. The Balaban J connectivity index is 2.31. The van der Waals surface area contributed by atoms with Crippen LogP contribution in [0.1, 0.15) is 21.5 Å². The lowest BCUT2D eigenvalue weighted by molar-refractivity contribution is 0.0989. The molecule has 0 bridgehead atoms. The molecule has 0 aliphatic carbocycles. The third-order valence-electron chi connectivity index (χ3n) is 2.85. The van der Waals surface area contributed by atoms with Gasteiger partial charge in [-0.3, -0.25) is 4.79 Å². The van der Waals surface area contributed by atoms with Gasteiger partial charge in [0.15, 0.2) is 5.78 Å². The molecule has 0 aromatic heterocycles. The minimum Gasteiger partial charge on any atom is -0.294 e. The number of aryl methyl sites for hydroxylation is 1. The number of hydrogen-bond acceptors (Lipinski definition) is 1. The maximum atomic E-state index is 13.8. The number of hydrogen-bond donors (Lipinski definition) is 0. The molecule has 2 rings (SSSR count). The topological polar surface area (TPSA) is 17.1 Å². The van der Waals surface area contributed by atoms with Crippen molar-refractivity contribution in [3.8, 4) is 0 Å². The highest BCUT2D eigenvalue weighted by atomic mass is 35.5. The molecule has 2 aromatic rings. The lowest BCUT2D eigenvalue weighted by Crippen LogP contribution is -2.07. The van der Waals surface area contributed by atoms with Gasteiger partial charge in [-0.1, -0.05) is 23.7 Å². The van der Waals surface area contributed by atoms with Crippen LogP contribution in [-0.2, 0) is 6.42 Å². The average molecular weight is 281 g/mol. The first kappa shape index (κ1) is 13.7. The van der Waals surface area contributed by atoms with Crippen molar-refractivity contribution in [3.05, 3.63) is 69.7 Å². The van der Waals surface area contributed by atoms with E-state index in [1.807, 2.05) is 0 Å². The number of carbonyl (C=O) groups is 1. The Morgan fingerprint density at radius 1 is 1.21 bits per heavy atom. The quantitative estimate of drug-likeness (QED) is 0.764. The monoisotopic (exact) mass is 280 g/mol. The SMILES string of the molecule is Cc1cccc(C(=O)Cc2cc(F)ccc2Cl)c1F. The number of benzene rings is 2. The third kappa shape index (κ3) is 2.99. The van der Waals surface area contributed by atoms with E-state index in [0.717, 1.165) is 0 Å². The maximum absolute atomic E-state index is 13.8. The molecule has 0 spiro atoms. The highest BCUT2D eigenvalue weighted by Crippen LogP contribution is 2.20. The van der Waals surface area contributed by atoms with Crippen molar-refractivity contribution in [1.82, 2.24) is 0 Å². The lowest BCUT2D eigenvalue weighted by atomic mass is 10.0. The van der Waals surface area contributed by atoms with E-state index < -0.39 is 17.4 Å². The van der Waals surface area contributed by atoms with Gasteiger partial charge >= 0.3 is 0 Å². The molecule has 19 heavy (non-hydrogen) atoms. The molecule has 2 aromatic carbocycles. The Morgan fingerprint density at radius 2 is 1.95 bits per heavy atom. The van der Waals surface area contributed by atoms with Crippen LogP contribution in [0.2, 0.25) is 5.02 Å². The summed E-state index contributed by atoms with van der Waals surface area (Å²) < 4.78 is 26.9. The predicted octanol–water partition coefficient (Wildman–Crippen LogP) is 4.35. The standard InChI is InChI=1S/C15H11ClF2O/c1-9-3-2-4-12(15(9)18)14(19)8-10-7-11(17)5-6-13(10)16/h2-7H,8H2,1H3. The van der Waals surface area contributed by atoms with Gasteiger partial charge in [0.05, 0.1) is 5.56 Å². The summed E-state index contributed by atoms with van der Waals surface area (Å²) >= 11 is 5.89. The average Bonchev–Trinajstić information content (AvgIpc) is 2.37. The third-order valence-corrected chi connectivity index (χ3v) is 3.22. The molecule has 98 valence electrons. The summed E-state index contributed by atoms with van der Waals surface area (Å²) in [5, 5.41) is 0.294. The number of Topliss-reactive ketones (excluding diaryl/α,β-unsaturated/α-hetero) is 1. The van der Waals surface area contributed by atoms with Crippen molar-refractivity contribution in [1.29, 1.82) is 0 Å². The lowest BCUT2D eigenvalue weighted by Gasteiger charge is -2.06. The fourth-order valence-electron chi connectivity index (χ4n) is 1.81. The Bertz CT molecular complexity index is 638. The summed E-state index contributed by atoms with van der Waals surface area (Å²) in [6.45, 7) is 1.58. The van der Waals surface area contributed by atoms with Gasteiger partial charge in [0.2, 0.25) is 0 Å². The summed E-state index contributed by atoms with van der Waals surface area (Å²) in [7, 11) is 0. The number of ketones is 1. The second kappa shape index (κ2) is 5.49. The van der Waals surface area contributed by atoms with Gasteiger partial charge in [-0.15, -0.1) is 0 Å². The fraction of sp³-hybridized carbons (Fsp3) is 0.133. The molecule has 0 atom stereocenters. The smallest absolute Gasteiger partial charge is 0.170 e. The second-order valence-electron chi connectivity index (χ2n) is 4.27. The minimum atomic E-state index is -0.542. The van der Waals surface area contributed by atoms with Gasteiger partial charge in [-0.25, -0.2) is 8.78 Å². The van der Waals surface area contributed by atoms with Crippen LogP contribution in [0.3, 0.4) is 0 Å². The molecule has 0 fully saturated rings.